The van der Waals surface area contributed by atoms with Gasteiger partial charge in [-0.2, -0.15) is 5.10 Å². The van der Waals surface area contributed by atoms with Crippen LogP contribution in [0, 0.1) is 0 Å². The van der Waals surface area contributed by atoms with Crippen LogP contribution < -0.4 is 10.3 Å². The monoisotopic (exact) mass is 287 g/mol. The van der Waals surface area contributed by atoms with Gasteiger partial charge in [0.15, 0.2) is 5.76 Å². The van der Waals surface area contributed by atoms with E-state index in [0.717, 1.165) is 11.3 Å². The third-order valence-electron chi connectivity index (χ3n) is 2.89. The fourth-order valence-electron chi connectivity index (χ4n) is 1.72. The number of hydrogen-bond donors (Lipinski definition) is 2. The number of hydrogen-bond acceptors (Lipinski definition) is 5. The fraction of sp³-hybridized carbons (Fsp3) is 0.200. The van der Waals surface area contributed by atoms with E-state index in [1.165, 1.54) is 6.26 Å². The highest BCUT2D eigenvalue weighted by atomic mass is 16.3. The molecule has 6 nitrogen and oxygen atoms in total. The minimum Gasteiger partial charge on any atom is -0.459 e. The van der Waals surface area contributed by atoms with Gasteiger partial charge in [-0.1, -0.05) is 12.1 Å². The van der Waals surface area contributed by atoms with Crippen LogP contribution in [0.3, 0.4) is 0 Å². The number of nitrogens with one attached hydrogen (secondary N) is 1. The predicted octanol–water partition coefficient (Wildman–Crippen LogP) is 1.47. The van der Waals surface area contributed by atoms with E-state index in [0.29, 0.717) is 6.54 Å². The molecule has 0 spiro atoms. The molecule has 1 amide bonds. The third kappa shape index (κ3) is 4.19. The van der Waals surface area contributed by atoms with Crippen molar-refractivity contribution in [2.45, 2.75) is 0 Å². The lowest BCUT2D eigenvalue weighted by Crippen LogP contribution is -2.20. The molecule has 1 heterocycles. The van der Waals surface area contributed by atoms with Gasteiger partial charge in [0.2, 0.25) is 0 Å². The summed E-state index contributed by atoms with van der Waals surface area (Å²) in [4.78, 5) is 13.5. The zero-order valence-corrected chi connectivity index (χ0v) is 11.7. The normalized spacial score (nSPS) is 10.8. The van der Waals surface area contributed by atoms with E-state index in [9.17, 15) is 4.79 Å². The summed E-state index contributed by atoms with van der Waals surface area (Å²) in [5, 5.41) is 12.8. The number of nitrogens with zero attached hydrogens (tertiary/aromatic N) is 2. The van der Waals surface area contributed by atoms with Crippen LogP contribution in [0.4, 0.5) is 5.69 Å². The van der Waals surface area contributed by atoms with Crippen LogP contribution in [-0.2, 0) is 0 Å². The Hall–Kier alpha value is -2.60. The molecular formula is C15H17N3O3. The number of benzene rings is 1. The Morgan fingerprint density at radius 3 is 2.76 bits per heavy atom. The summed E-state index contributed by atoms with van der Waals surface area (Å²) in [7, 11) is 1.91. The van der Waals surface area contributed by atoms with E-state index >= 15 is 0 Å². The molecule has 0 atom stereocenters. The van der Waals surface area contributed by atoms with E-state index in [1.54, 1.807) is 18.3 Å². The van der Waals surface area contributed by atoms with Crippen LogP contribution in [0.1, 0.15) is 16.1 Å². The predicted molar refractivity (Wildman–Crippen MR) is 80.6 cm³/mol. The van der Waals surface area contributed by atoms with Gasteiger partial charge in [0.1, 0.15) is 0 Å². The lowest BCUT2D eigenvalue weighted by atomic mass is 10.2. The fourth-order valence-corrected chi connectivity index (χ4v) is 1.72. The van der Waals surface area contributed by atoms with Crippen molar-refractivity contribution in [2.24, 2.45) is 5.10 Å². The zero-order chi connectivity index (χ0) is 15.1. The Balaban J connectivity index is 1.91. The quantitative estimate of drug-likeness (QED) is 0.623. The highest BCUT2D eigenvalue weighted by Crippen LogP contribution is 2.12. The summed E-state index contributed by atoms with van der Waals surface area (Å²) < 4.78 is 4.95. The van der Waals surface area contributed by atoms with Crippen molar-refractivity contribution >= 4 is 17.8 Å². The van der Waals surface area contributed by atoms with Crippen molar-refractivity contribution in [2.75, 3.05) is 25.1 Å². The van der Waals surface area contributed by atoms with Gasteiger partial charge < -0.3 is 14.4 Å². The van der Waals surface area contributed by atoms with Gasteiger partial charge >= 0.3 is 5.91 Å². The van der Waals surface area contributed by atoms with Crippen LogP contribution in [0.25, 0.3) is 0 Å². The highest BCUT2D eigenvalue weighted by Gasteiger charge is 2.05. The molecule has 2 aromatic rings. The van der Waals surface area contributed by atoms with Crippen LogP contribution in [-0.4, -0.2) is 37.4 Å². The van der Waals surface area contributed by atoms with Gasteiger partial charge in [-0.05, 0) is 29.8 Å². The van der Waals surface area contributed by atoms with Crippen LogP contribution in [0.5, 0.6) is 0 Å². The first kappa shape index (κ1) is 14.8. The summed E-state index contributed by atoms with van der Waals surface area (Å²) in [5.74, 6) is -0.177. The molecule has 0 saturated carbocycles. The number of carbonyl (C=O) groups is 1. The number of rotatable bonds is 6. The van der Waals surface area contributed by atoms with Crippen molar-refractivity contribution in [3.8, 4) is 0 Å². The van der Waals surface area contributed by atoms with E-state index in [-0.39, 0.29) is 12.4 Å². The Morgan fingerprint density at radius 2 is 2.14 bits per heavy atom. The molecule has 0 aliphatic carbocycles. The van der Waals surface area contributed by atoms with Crippen molar-refractivity contribution in [1.29, 1.82) is 0 Å². The molecule has 0 saturated heterocycles. The summed E-state index contributed by atoms with van der Waals surface area (Å²) in [6.07, 6.45) is 2.98. The third-order valence-corrected chi connectivity index (χ3v) is 2.89. The van der Waals surface area contributed by atoms with Gasteiger partial charge in [0.25, 0.3) is 0 Å². The number of aliphatic hydroxyl groups excluding tert-OH is 1. The van der Waals surface area contributed by atoms with Crippen LogP contribution in [0.2, 0.25) is 0 Å². The minimum absolute atomic E-state index is 0.110. The highest BCUT2D eigenvalue weighted by molar-refractivity contribution is 5.92. The lowest BCUT2D eigenvalue weighted by Gasteiger charge is -2.17. The van der Waals surface area contributed by atoms with Gasteiger partial charge in [0.05, 0.1) is 19.1 Å². The second kappa shape index (κ2) is 7.25. The molecule has 1 aromatic carbocycles. The SMILES string of the molecule is CN(CCO)c1ccc(/C=N/NC(=O)c2ccco2)cc1. The molecule has 0 aliphatic heterocycles. The second-order valence-corrected chi connectivity index (χ2v) is 4.41. The average molecular weight is 287 g/mol. The van der Waals surface area contributed by atoms with Crippen molar-refractivity contribution in [1.82, 2.24) is 5.43 Å². The molecule has 0 radical (unpaired) electrons. The zero-order valence-electron chi connectivity index (χ0n) is 11.7. The first-order chi connectivity index (χ1) is 10.2. The molecule has 21 heavy (non-hydrogen) atoms. The number of likely N-dealkylation sites (N-methyl/N-ethyl adjacent to an activating group) is 1. The Labute approximate surface area is 122 Å². The van der Waals surface area contributed by atoms with Gasteiger partial charge in [-0.3, -0.25) is 4.79 Å². The van der Waals surface area contributed by atoms with E-state index in [4.69, 9.17) is 9.52 Å². The van der Waals surface area contributed by atoms with Crippen molar-refractivity contribution in [3.63, 3.8) is 0 Å². The number of aliphatic hydroxyl groups is 1. The Kier molecular flexibility index (Phi) is 5.11. The summed E-state index contributed by atoms with van der Waals surface area (Å²) in [6, 6.07) is 10.8. The summed E-state index contributed by atoms with van der Waals surface area (Å²) in [6.45, 7) is 0.686. The second-order valence-electron chi connectivity index (χ2n) is 4.41. The molecule has 0 aliphatic rings. The Bertz CT molecular complexity index is 591. The van der Waals surface area contributed by atoms with Crippen LogP contribution in [0.15, 0.2) is 52.2 Å². The number of amides is 1. The molecule has 110 valence electrons. The number of carbonyl (C=O) groups excluding carboxylic acids is 1. The molecular weight excluding hydrogens is 270 g/mol. The molecule has 1 aromatic heterocycles. The van der Waals surface area contributed by atoms with Gasteiger partial charge in [-0.15, -0.1) is 0 Å². The van der Waals surface area contributed by atoms with Crippen molar-refractivity contribution < 1.29 is 14.3 Å². The molecule has 2 N–H and O–H groups in total. The van der Waals surface area contributed by atoms with E-state index in [1.807, 2.05) is 36.2 Å². The average Bonchev–Trinajstić information content (AvgIpc) is 3.02. The standard InChI is InChI=1S/C15H17N3O3/c1-18(8-9-19)13-6-4-12(5-7-13)11-16-17-15(20)14-3-2-10-21-14/h2-7,10-11,19H,8-9H2,1H3,(H,17,20)/b16-11+. The lowest BCUT2D eigenvalue weighted by molar-refractivity contribution is 0.0927. The molecule has 6 heteroatoms. The maximum Gasteiger partial charge on any atom is 0.307 e. The van der Waals surface area contributed by atoms with Gasteiger partial charge in [-0.25, -0.2) is 5.43 Å². The number of anilines is 1. The number of hydrazone groups is 1. The Morgan fingerprint density at radius 1 is 1.38 bits per heavy atom. The van der Waals surface area contributed by atoms with Crippen LogP contribution >= 0.6 is 0 Å². The first-order valence-electron chi connectivity index (χ1n) is 6.49. The van der Waals surface area contributed by atoms with Crippen molar-refractivity contribution in [3.05, 3.63) is 54.0 Å². The first-order valence-corrected chi connectivity index (χ1v) is 6.49. The number of furan rings is 1. The maximum absolute atomic E-state index is 11.6. The summed E-state index contributed by atoms with van der Waals surface area (Å²) >= 11 is 0. The molecule has 0 fully saturated rings. The van der Waals surface area contributed by atoms with E-state index < -0.39 is 5.91 Å². The maximum atomic E-state index is 11.6. The molecule has 0 bridgehead atoms. The topological polar surface area (TPSA) is 78.1 Å². The van der Waals surface area contributed by atoms with Gasteiger partial charge in [0, 0.05) is 19.3 Å². The minimum atomic E-state index is -0.393. The largest absolute Gasteiger partial charge is 0.459 e. The molecule has 2 rings (SSSR count). The summed E-state index contributed by atoms with van der Waals surface area (Å²) in [5.41, 5.74) is 4.24. The smallest absolute Gasteiger partial charge is 0.307 e. The molecule has 0 unspecified atom stereocenters. The van der Waals surface area contributed by atoms with E-state index in [2.05, 4.69) is 10.5 Å².